The number of hydrogen-bond acceptors (Lipinski definition) is 8. The maximum absolute atomic E-state index is 14.3. The standard InChI is InChI=1S/C33H38N2O8/c1-34(31(39)26(22-13-7-3-8-14-22)23-15-9-4-10-16-23)25(21-11-5-2-6-12-21)20-35-18-17-24(19-35)42-33-29(38)27(36)28(37)30(43-33)32(40)41/h2-16,24-30,33,36-38H,17-20H2,1H3,(H,40,41). The van der Waals surface area contributed by atoms with E-state index < -0.39 is 48.7 Å². The number of benzene rings is 3. The molecule has 43 heavy (non-hydrogen) atoms. The lowest BCUT2D eigenvalue weighted by molar-refractivity contribution is -0.303. The fraction of sp³-hybridized carbons (Fsp3) is 0.394. The molecule has 10 nitrogen and oxygen atoms in total. The van der Waals surface area contributed by atoms with Crippen LogP contribution >= 0.6 is 0 Å². The summed E-state index contributed by atoms with van der Waals surface area (Å²) in [4.78, 5) is 29.7. The minimum Gasteiger partial charge on any atom is -0.479 e. The molecule has 10 heteroatoms. The van der Waals surface area contributed by atoms with Crippen molar-refractivity contribution in [3.05, 3.63) is 108 Å². The number of carbonyl (C=O) groups excluding carboxylic acids is 1. The number of carbonyl (C=O) groups is 2. The van der Waals surface area contributed by atoms with Crippen molar-refractivity contribution in [2.24, 2.45) is 0 Å². The molecule has 7 atom stereocenters. The smallest absolute Gasteiger partial charge is 0.335 e. The predicted octanol–water partition coefficient (Wildman–Crippen LogP) is 2.00. The monoisotopic (exact) mass is 590 g/mol. The first-order chi connectivity index (χ1) is 20.7. The van der Waals surface area contributed by atoms with Gasteiger partial charge in [0, 0.05) is 26.7 Å². The molecule has 5 rings (SSSR count). The second kappa shape index (κ2) is 13.8. The third-order valence-corrected chi connectivity index (χ3v) is 8.31. The maximum atomic E-state index is 14.3. The van der Waals surface area contributed by atoms with E-state index in [4.69, 9.17) is 9.47 Å². The second-order valence-corrected chi connectivity index (χ2v) is 11.2. The Bertz CT molecular complexity index is 1310. The minimum absolute atomic E-state index is 0.0377. The van der Waals surface area contributed by atoms with Gasteiger partial charge in [-0.2, -0.15) is 0 Å². The SMILES string of the molecule is CN(C(=O)C(c1ccccc1)c1ccccc1)C(CN1CCC(OC2OC(C(=O)O)C(O)C(O)C2O)C1)c1ccccc1. The molecule has 2 aliphatic heterocycles. The van der Waals surface area contributed by atoms with E-state index in [1.54, 1.807) is 4.90 Å². The summed E-state index contributed by atoms with van der Waals surface area (Å²) >= 11 is 0. The van der Waals surface area contributed by atoms with E-state index in [1.165, 1.54) is 0 Å². The number of aliphatic carboxylic acids is 1. The molecule has 0 aliphatic carbocycles. The molecule has 2 heterocycles. The molecule has 0 bridgehead atoms. The fourth-order valence-corrected chi connectivity index (χ4v) is 5.93. The molecular formula is C33H38N2O8. The van der Waals surface area contributed by atoms with Gasteiger partial charge in [-0.15, -0.1) is 0 Å². The summed E-state index contributed by atoms with van der Waals surface area (Å²) < 4.78 is 11.2. The van der Waals surface area contributed by atoms with E-state index in [2.05, 4.69) is 4.90 Å². The molecule has 0 saturated carbocycles. The van der Waals surface area contributed by atoms with Crippen LogP contribution in [0.4, 0.5) is 0 Å². The Balaban J connectivity index is 1.32. The third kappa shape index (κ3) is 6.96. The van der Waals surface area contributed by atoms with Gasteiger partial charge in [-0.25, -0.2) is 4.79 Å². The molecule has 2 saturated heterocycles. The Labute approximate surface area is 250 Å². The van der Waals surface area contributed by atoms with Crippen molar-refractivity contribution in [2.45, 2.75) is 55.2 Å². The number of ether oxygens (including phenoxy) is 2. The zero-order valence-electron chi connectivity index (χ0n) is 23.9. The summed E-state index contributed by atoms with van der Waals surface area (Å²) in [5.41, 5.74) is 2.80. The van der Waals surface area contributed by atoms with E-state index in [0.717, 1.165) is 16.7 Å². The third-order valence-electron chi connectivity index (χ3n) is 8.31. The molecule has 1 amide bonds. The Kier molecular flexibility index (Phi) is 9.86. The lowest BCUT2D eigenvalue weighted by Crippen LogP contribution is -2.60. The molecule has 0 radical (unpaired) electrons. The summed E-state index contributed by atoms with van der Waals surface area (Å²) in [5, 5.41) is 39.9. The largest absolute Gasteiger partial charge is 0.479 e. The average Bonchev–Trinajstić information content (AvgIpc) is 3.48. The van der Waals surface area contributed by atoms with E-state index in [1.807, 2.05) is 98.0 Å². The summed E-state index contributed by atoms with van der Waals surface area (Å²) in [5.74, 6) is -1.98. The van der Waals surface area contributed by atoms with Gasteiger partial charge < -0.3 is 34.8 Å². The van der Waals surface area contributed by atoms with Gasteiger partial charge >= 0.3 is 5.97 Å². The molecule has 0 aromatic heterocycles. The molecule has 228 valence electrons. The lowest BCUT2D eigenvalue weighted by Gasteiger charge is -2.39. The number of likely N-dealkylation sites (N-methyl/N-ethyl adjacent to an activating group) is 1. The molecule has 3 aromatic carbocycles. The van der Waals surface area contributed by atoms with Crippen molar-refractivity contribution in [3.63, 3.8) is 0 Å². The first-order valence-corrected chi connectivity index (χ1v) is 14.5. The van der Waals surface area contributed by atoms with Crippen LogP contribution in [0, 0.1) is 0 Å². The fourth-order valence-electron chi connectivity index (χ4n) is 5.93. The first kappa shape index (κ1) is 30.8. The Morgan fingerprint density at radius 1 is 0.860 bits per heavy atom. The Morgan fingerprint density at radius 2 is 1.40 bits per heavy atom. The number of hydrogen-bond donors (Lipinski definition) is 4. The van der Waals surface area contributed by atoms with Crippen LogP contribution in [0.25, 0.3) is 0 Å². The molecule has 7 unspecified atom stereocenters. The molecule has 0 spiro atoms. The Morgan fingerprint density at radius 3 is 1.93 bits per heavy atom. The number of aliphatic hydroxyl groups is 3. The number of nitrogens with zero attached hydrogens (tertiary/aromatic N) is 2. The van der Waals surface area contributed by atoms with Crippen LogP contribution in [0.2, 0.25) is 0 Å². The topological polar surface area (TPSA) is 140 Å². The van der Waals surface area contributed by atoms with Gasteiger partial charge in [0.1, 0.15) is 18.3 Å². The van der Waals surface area contributed by atoms with Gasteiger partial charge in [-0.3, -0.25) is 9.69 Å². The van der Waals surface area contributed by atoms with Gasteiger partial charge in [-0.1, -0.05) is 91.0 Å². The van der Waals surface area contributed by atoms with Gasteiger partial charge in [-0.05, 0) is 23.1 Å². The Hall–Kier alpha value is -3.64. The van der Waals surface area contributed by atoms with Crippen LogP contribution in [-0.2, 0) is 19.1 Å². The normalized spacial score (nSPS) is 26.7. The number of likely N-dealkylation sites (tertiary alicyclic amines) is 1. The van der Waals surface area contributed by atoms with Gasteiger partial charge in [0.05, 0.1) is 18.1 Å². The second-order valence-electron chi connectivity index (χ2n) is 11.2. The van der Waals surface area contributed by atoms with E-state index in [9.17, 15) is 30.0 Å². The number of carboxylic acid groups (broad SMARTS) is 1. The highest BCUT2D eigenvalue weighted by molar-refractivity contribution is 5.87. The van der Waals surface area contributed by atoms with Crippen molar-refractivity contribution in [1.82, 2.24) is 9.80 Å². The summed E-state index contributed by atoms with van der Waals surface area (Å²) in [7, 11) is 1.83. The number of rotatable bonds is 10. The minimum atomic E-state index is -1.78. The lowest BCUT2D eigenvalue weighted by atomic mass is 9.89. The maximum Gasteiger partial charge on any atom is 0.335 e. The van der Waals surface area contributed by atoms with E-state index in [0.29, 0.717) is 26.1 Å². The zero-order valence-corrected chi connectivity index (χ0v) is 23.9. The zero-order chi connectivity index (χ0) is 30.5. The molecule has 3 aromatic rings. The highest BCUT2D eigenvalue weighted by atomic mass is 16.7. The van der Waals surface area contributed by atoms with Crippen LogP contribution in [0.15, 0.2) is 91.0 Å². The number of amides is 1. The first-order valence-electron chi connectivity index (χ1n) is 14.5. The van der Waals surface area contributed by atoms with Crippen LogP contribution in [0.1, 0.15) is 35.1 Å². The molecule has 2 fully saturated rings. The number of carboxylic acids is 1. The van der Waals surface area contributed by atoms with Crippen molar-refractivity contribution < 1.29 is 39.5 Å². The van der Waals surface area contributed by atoms with Crippen molar-refractivity contribution in [2.75, 3.05) is 26.7 Å². The van der Waals surface area contributed by atoms with Crippen molar-refractivity contribution in [1.29, 1.82) is 0 Å². The molecule has 4 N–H and O–H groups in total. The number of aliphatic hydroxyl groups excluding tert-OH is 3. The summed E-state index contributed by atoms with van der Waals surface area (Å²) in [6.45, 7) is 1.58. The van der Waals surface area contributed by atoms with Crippen LogP contribution < -0.4 is 0 Å². The molecule has 2 aliphatic rings. The summed E-state index contributed by atoms with van der Waals surface area (Å²) in [6, 6.07) is 29.0. The molecular weight excluding hydrogens is 552 g/mol. The highest BCUT2D eigenvalue weighted by Crippen LogP contribution is 2.32. The predicted molar refractivity (Wildman–Crippen MR) is 157 cm³/mol. The van der Waals surface area contributed by atoms with Gasteiger partial charge in [0.15, 0.2) is 12.4 Å². The van der Waals surface area contributed by atoms with E-state index >= 15 is 0 Å². The quantitative estimate of drug-likeness (QED) is 0.279. The van der Waals surface area contributed by atoms with Crippen LogP contribution in [0.5, 0.6) is 0 Å². The van der Waals surface area contributed by atoms with Crippen LogP contribution in [0.3, 0.4) is 0 Å². The van der Waals surface area contributed by atoms with Crippen LogP contribution in [-0.4, -0.2) is 106 Å². The highest BCUT2D eigenvalue weighted by Gasteiger charge is 2.48. The van der Waals surface area contributed by atoms with Gasteiger partial charge in [0.2, 0.25) is 5.91 Å². The van der Waals surface area contributed by atoms with Gasteiger partial charge in [0.25, 0.3) is 0 Å². The summed E-state index contributed by atoms with van der Waals surface area (Å²) in [6.07, 6.45) is -8.08. The average molecular weight is 591 g/mol. The van der Waals surface area contributed by atoms with Crippen molar-refractivity contribution in [3.8, 4) is 0 Å². The van der Waals surface area contributed by atoms with E-state index in [-0.39, 0.29) is 11.9 Å². The van der Waals surface area contributed by atoms with Crippen molar-refractivity contribution >= 4 is 11.9 Å².